The van der Waals surface area contributed by atoms with Gasteiger partial charge in [0.15, 0.2) is 6.10 Å². The molecule has 0 aromatic heterocycles. The number of esters is 2. The Morgan fingerprint density at radius 2 is 1.14 bits per heavy atom. The second-order valence-corrected chi connectivity index (χ2v) is 16.4. The van der Waals surface area contributed by atoms with Crippen LogP contribution in [0, 0.1) is 0 Å². The van der Waals surface area contributed by atoms with Crippen molar-refractivity contribution in [3.8, 4) is 0 Å². The molecular formula is C47H80NO9P. The molecule has 0 bridgehead atoms. The molecule has 11 heteroatoms. The topological polar surface area (TPSA) is 147 Å². The second kappa shape index (κ2) is 38.6. The Balaban J connectivity index is 2.22. The van der Waals surface area contributed by atoms with Crippen molar-refractivity contribution in [3.63, 3.8) is 0 Å². The van der Waals surface area contributed by atoms with Gasteiger partial charge in [-0.15, -0.1) is 0 Å². The molecule has 0 radical (unpaired) electrons. The van der Waals surface area contributed by atoms with E-state index < -0.39 is 32.5 Å². The summed E-state index contributed by atoms with van der Waals surface area (Å²) >= 11 is 0. The van der Waals surface area contributed by atoms with Gasteiger partial charge in [0.2, 0.25) is 0 Å². The van der Waals surface area contributed by atoms with E-state index >= 15 is 0 Å². The first-order chi connectivity index (χ1) is 28.3. The van der Waals surface area contributed by atoms with Crippen molar-refractivity contribution in [3.05, 3.63) is 72.9 Å². The number of epoxide rings is 1. The molecule has 1 aliphatic rings. The first-order valence-corrected chi connectivity index (χ1v) is 24.0. The van der Waals surface area contributed by atoms with E-state index in [1.165, 1.54) is 64.2 Å². The van der Waals surface area contributed by atoms with Crippen LogP contribution in [-0.2, 0) is 37.4 Å². The van der Waals surface area contributed by atoms with Gasteiger partial charge in [0, 0.05) is 19.4 Å². The number of phosphoric ester groups is 1. The maximum atomic E-state index is 12.6. The molecule has 0 aromatic rings. The first kappa shape index (κ1) is 53.4. The molecule has 0 aromatic carbocycles. The molecule has 10 nitrogen and oxygen atoms in total. The van der Waals surface area contributed by atoms with Crippen LogP contribution in [0.25, 0.3) is 0 Å². The van der Waals surface area contributed by atoms with E-state index in [0.717, 1.165) is 64.2 Å². The summed E-state index contributed by atoms with van der Waals surface area (Å²) in [7, 11) is -4.41. The number of carbonyl (C=O) groups is 2. The van der Waals surface area contributed by atoms with Gasteiger partial charge in [-0.05, 0) is 77.0 Å². The Kier molecular flexibility index (Phi) is 35.6. The smallest absolute Gasteiger partial charge is 0.462 e. The van der Waals surface area contributed by atoms with Gasteiger partial charge in [-0.25, -0.2) is 4.57 Å². The lowest BCUT2D eigenvalue weighted by Crippen LogP contribution is -2.29. The van der Waals surface area contributed by atoms with Crippen molar-refractivity contribution < 1.29 is 42.3 Å². The average Bonchev–Trinajstić information content (AvgIpc) is 3.97. The largest absolute Gasteiger partial charge is 0.472 e. The molecule has 3 N–H and O–H groups in total. The standard InChI is InChI=1S/C47H80NO9P/c1-3-5-7-8-9-10-11-12-13-14-15-16-20-23-26-29-33-37-46(49)53-41-43(42-55-58(51,52)54-40-39-48)56-47(50)38-34-30-27-24-21-18-17-19-22-25-28-32-36-45-44(57-45)35-31-6-4-2/h6,12-13,18-19,21-22,27-28,30-32,43-45H,3-5,7-11,14-17,20,23-26,29,33-42,48H2,1-2H3,(H,51,52)/b13-12-,21-18-,22-19-,30-27-,31-6-,32-28-/t43-,44?,45?/m1/s1. The fourth-order valence-electron chi connectivity index (χ4n) is 6.05. The number of hydrogen-bond donors (Lipinski definition) is 2. The third-order valence-electron chi connectivity index (χ3n) is 9.49. The van der Waals surface area contributed by atoms with Crippen LogP contribution in [0.3, 0.4) is 0 Å². The molecular weight excluding hydrogens is 753 g/mol. The zero-order chi connectivity index (χ0) is 42.2. The minimum atomic E-state index is -4.41. The van der Waals surface area contributed by atoms with Crippen LogP contribution in [0.15, 0.2) is 72.9 Å². The summed E-state index contributed by atoms with van der Waals surface area (Å²) in [5.74, 6) is -0.940. The monoisotopic (exact) mass is 834 g/mol. The average molecular weight is 834 g/mol. The Morgan fingerprint density at radius 1 is 0.621 bits per heavy atom. The number of ether oxygens (including phenoxy) is 3. The van der Waals surface area contributed by atoms with Crippen LogP contribution in [0.1, 0.15) is 168 Å². The third-order valence-corrected chi connectivity index (χ3v) is 10.5. The van der Waals surface area contributed by atoms with Crippen molar-refractivity contribution in [1.29, 1.82) is 0 Å². The predicted octanol–water partition coefficient (Wildman–Crippen LogP) is 12.0. The van der Waals surface area contributed by atoms with Crippen LogP contribution in [-0.4, -0.2) is 61.5 Å². The highest BCUT2D eigenvalue weighted by atomic mass is 31.2. The number of phosphoric acid groups is 1. The third kappa shape index (κ3) is 35.4. The van der Waals surface area contributed by atoms with Gasteiger partial charge < -0.3 is 24.8 Å². The Labute approximate surface area is 352 Å². The summed E-state index contributed by atoms with van der Waals surface area (Å²) in [5.41, 5.74) is 5.35. The van der Waals surface area contributed by atoms with Gasteiger partial charge in [-0.1, -0.05) is 151 Å². The molecule has 0 saturated carbocycles. The normalized spacial score (nSPS) is 17.4. The Morgan fingerprint density at radius 3 is 1.72 bits per heavy atom. The maximum Gasteiger partial charge on any atom is 0.472 e. The lowest BCUT2D eigenvalue weighted by molar-refractivity contribution is -0.161. The van der Waals surface area contributed by atoms with Crippen molar-refractivity contribution in [2.75, 3.05) is 26.4 Å². The molecule has 0 spiro atoms. The number of nitrogens with two attached hydrogens (primary N) is 1. The molecule has 4 atom stereocenters. The van der Waals surface area contributed by atoms with E-state index in [4.69, 9.17) is 29.0 Å². The molecule has 332 valence electrons. The van der Waals surface area contributed by atoms with E-state index in [9.17, 15) is 19.0 Å². The molecule has 1 heterocycles. The Hall–Kier alpha value is -2.59. The molecule has 0 aliphatic carbocycles. The van der Waals surface area contributed by atoms with Gasteiger partial charge in [0.25, 0.3) is 0 Å². The van der Waals surface area contributed by atoms with Gasteiger partial charge >= 0.3 is 19.8 Å². The molecule has 1 rings (SSSR count). The van der Waals surface area contributed by atoms with Crippen molar-refractivity contribution in [2.24, 2.45) is 5.73 Å². The maximum absolute atomic E-state index is 12.6. The van der Waals surface area contributed by atoms with E-state index in [0.29, 0.717) is 25.0 Å². The summed E-state index contributed by atoms with van der Waals surface area (Å²) < 4.78 is 38.4. The lowest BCUT2D eigenvalue weighted by Gasteiger charge is -2.19. The highest BCUT2D eigenvalue weighted by Crippen LogP contribution is 2.43. The van der Waals surface area contributed by atoms with Crippen LogP contribution >= 0.6 is 7.82 Å². The number of carbonyl (C=O) groups excluding carboxylic acids is 2. The molecule has 58 heavy (non-hydrogen) atoms. The Bertz CT molecular complexity index is 1240. The number of allylic oxidation sites excluding steroid dienone is 10. The van der Waals surface area contributed by atoms with E-state index in [-0.39, 0.29) is 32.6 Å². The van der Waals surface area contributed by atoms with E-state index in [1.54, 1.807) is 0 Å². The quantitative estimate of drug-likeness (QED) is 0.0201. The molecule has 3 unspecified atom stereocenters. The molecule has 1 saturated heterocycles. The van der Waals surface area contributed by atoms with Gasteiger partial charge in [0.05, 0.1) is 25.4 Å². The highest BCUT2D eigenvalue weighted by Gasteiger charge is 2.36. The number of hydrogen-bond acceptors (Lipinski definition) is 9. The molecule has 1 fully saturated rings. The summed E-state index contributed by atoms with van der Waals surface area (Å²) in [5, 5.41) is 0. The summed E-state index contributed by atoms with van der Waals surface area (Å²) in [6.07, 6.45) is 49.9. The zero-order valence-corrected chi connectivity index (χ0v) is 37.1. The van der Waals surface area contributed by atoms with Crippen molar-refractivity contribution in [1.82, 2.24) is 0 Å². The van der Waals surface area contributed by atoms with Gasteiger partial charge in [0.1, 0.15) is 6.61 Å². The minimum absolute atomic E-state index is 0.0363. The SMILES string of the molecule is CC/C=C\CC1OC1C/C=C\C/C=C\C/C=C\C/C=C\CCC(=O)O[C@H](COC(=O)CCCCCCCCC/C=C\CCCCCCCC)COP(=O)(O)OCCN. The first-order valence-electron chi connectivity index (χ1n) is 22.5. The zero-order valence-electron chi connectivity index (χ0n) is 36.2. The van der Waals surface area contributed by atoms with Crippen molar-refractivity contribution >= 4 is 19.8 Å². The van der Waals surface area contributed by atoms with Crippen LogP contribution < -0.4 is 5.73 Å². The summed E-state index contributed by atoms with van der Waals surface area (Å²) in [6.45, 7) is 3.51. The minimum Gasteiger partial charge on any atom is -0.462 e. The van der Waals surface area contributed by atoms with Gasteiger partial charge in [-0.3, -0.25) is 18.6 Å². The summed E-state index contributed by atoms with van der Waals surface area (Å²) in [6, 6.07) is 0. The van der Waals surface area contributed by atoms with Crippen molar-refractivity contribution in [2.45, 2.75) is 186 Å². The highest BCUT2D eigenvalue weighted by molar-refractivity contribution is 7.47. The number of unbranched alkanes of at least 4 members (excludes halogenated alkanes) is 13. The van der Waals surface area contributed by atoms with Crippen LogP contribution in [0.5, 0.6) is 0 Å². The van der Waals surface area contributed by atoms with E-state index in [2.05, 4.69) is 74.6 Å². The predicted molar refractivity (Wildman–Crippen MR) is 237 cm³/mol. The van der Waals surface area contributed by atoms with Crippen LogP contribution in [0.2, 0.25) is 0 Å². The molecule has 1 aliphatic heterocycles. The van der Waals surface area contributed by atoms with Crippen LogP contribution in [0.4, 0.5) is 0 Å². The fourth-order valence-corrected chi connectivity index (χ4v) is 6.81. The van der Waals surface area contributed by atoms with Gasteiger partial charge in [-0.2, -0.15) is 0 Å². The summed E-state index contributed by atoms with van der Waals surface area (Å²) in [4.78, 5) is 34.9. The lowest BCUT2D eigenvalue weighted by atomic mass is 10.1. The van der Waals surface area contributed by atoms with E-state index in [1.807, 2.05) is 12.2 Å². The second-order valence-electron chi connectivity index (χ2n) is 14.9. The number of rotatable bonds is 40. The molecule has 0 amide bonds. The fraction of sp³-hybridized carbons (Fsp3) is 0.702.